The van der Waals surface area contributed by atoms with Gasteiger partial charge < -0.3 is 25.4 Å². The molecule has 6 nitrogen and oxygen atoms in total. The predicted octanol–water partition coefficient (Wildman–Crippen LogP) is 2.02. The summed E-state index contributed by atoms with van der Waals surface area (Å²) in [6.07, 6.45) is 0. The van der Waals surface area contributed by atoms with E-state index in [0.29, 0.717) is 35.4 Å². The normalized spacial score (nSPS) is 17.0. The van der Waals surface area contributed by atoms with E-state index in [1.165, 1.54) is 0 Å². The van der Waals surface area contributed by atoms with Gasteiger partial charge in [0.05, 0.1) is 24.8 Å². The van der Waals surface area contributed by atoms with Crippen LogP contribution in [0, 0.1) is 0 Å². The van der Waals surface area contributed by atoms with Gasteiger partial charge in [0, 0.05) is 12.7 Å². The Balaban J connectivity index is 2.47. The molecule has 0 fully saturated rings. The number of carbonyl (C=O) groups is 1. The van der Waals surface area contributed by atoms with Crippen LogP contribution in [0.15, 0.2) is 29.5 Å². The third-order valence-electron chi connectivity index (χ3n) is 3.64. The molecule has 0 aromatic heterocycles. The van der Waals surface area contributed by atoms with E-state index < -0.39 is 0 Å². The van der Waals surface area contributed by atoms with Crippen molar-refractivity contribution in [2.45, 2.75) is 26.8 Å². The molecular weight excluding hydrogens is 326 g/mol. The van der Waals surface area contributed by atoms with E-state index in [2.05, 4.69) is 16.0 Å². The molecule has 2 rings (SSSR count). The molecule has 1 amide bonds. The van der Waals surface area contributed by atoms with Gasteiger partial charge in [-0.05, 0) is 50.7 Å². The van der Waals surface area contributed by atoms with Crippen LogP contribution in [0.3, 0.4) is 0 Å². The molecule has 0 saturated carbocycles. The van der Waals surface area contributed by atoms with Crippen molar-refractivity contribution in [1.29, 1.82) is 0 Å². The van der Waals surface area contributed by atoms with Crippen LogP contribution in [-0.4, -0.2) is 31.3 Å². The molecule has 130 valence electrons. The number of allylic oxidation sites excluding steroid dienone is 1. The van der Waals surface area contributed by atoms with E-state index in [-0.39, 0.29) is 11.9 Å². The van der Waals surface area contributed by atoms with Crippen LogP contribution in [0.4, 0.5) is 0 Å². The second-order valence-electron chi connectivity index (χ2n) is 5.22. The fourth-order valence-corrected chi connectivity index (χ4v) is 2.90. The summed E-state index contributed by atoms with van der Waals surface area (Å²) in [5.41, 5.74) is 2.20. The van der Waals surface area contributed by atoms with Gasteiger partial charge >= 0.3 is 0 Å². The minimum atomic E-state index is -0.353. The van der Waals surface area contributed by atoms with Gasteiger partial charge in [0.15, 0.2) is 16.6 Å². The molecule has 1 aliphatic rings. The van der Waals surface area contributed by atoms with Crippen LogP contribution in [0.2, 0.25) is 0 Å². The third-order valence-corrected chi connectivity index (χ3v) is 3.86. The third kappa shape index (κ3) is 3.79. The fraction of sp³-hybridized carbons (Fsp3) is 0.412. The average Bonchev–Trinajstić information content (AvgIpc) is 2.55. The maximum absolute atomic E-state index is 12.3. The number of hydrogen-bond donors (Lipinski definition) is 3. The first-order chi connectivity index (χ1) is 11.5. The number of hydrogen-bond acceptors (Lipinski definition) is 4. The van der Waals surface area contributed by atoms with Crippen LogP contribution in [0.1, 0.15) is 32.4 Å². The molecule has 1 aromatic carbocycles. The van der Waals surface area contributed by atoms with Gasteiger partial charge in [-0.15, -0.1) is 0 Å². The Bertz CT molecular complexity index is 673. The summed E-state index contributed by atoms with van der Waals surface area (Å²) in [6.45, 7) is 6.76. The first-order valence-corrected chi connectivity index (χ1v) is 8.32. The molecule has 0 radical (unpaired) electrons. The number of rotatable bonds is 6. The van der Waals surface area contributed by atoms with Gasteiger partial charge in [-0.3, -0.25) is 4.79 Å². The first kappa shape index (κ1) is 18.1. The number of ether oxygens (including phenoxy) is 2. The van der Waals surface area contributed by atoms with E-state index in [0.717, 1.165) is 11.3 Å². The van der Waals surface area contributed by atoms with Gasteiger partial charge in [-0.2, -0.15) is 0 Å². The van der Waals surface area contributed by atoms with Crippen LogP contribution < -0.4 is 25.4 Å². The zero-order chi connectivity index (χ0) is 17.7. The van der Waals surface area contributed by atoms with Gasteiger partial charge in [-0.25, -0.2) is 0 Å². The van der Waals surface area contributed by atoms with E-state index >= 15 is 0 Å². The SMILES string of the molecule is CCOc1ccc([C@H]2NC(=S)NC(C)=C2C(=O)NC)cc1OCC. The highest BCUT2D eigenvalue weighted by atomic mass is 32.1. The Morgan fingerprint density at radius 1 is 1.25 bits per heavy atom. The van der Waals surface area contributed by atoms with Crippen LogP contribution in [-0.2, 0) is 4.79 Å². The predicted molar refractivity (Wildman–Crippen MR) is 97.2 cm³/mol. The minimum Gasteiger partial charge on any atom is -0.490 e. The van der Waals surface area contributed by atoms with Crippen molar-refractivity contribution in [2.75, 3.05) is 20.3 Å². The first-order valence-electron chi connectivity index (χ1n) is 7.91. The average molecular weight is 349 g/mol. The second kappa shape index (κ2) is 8.01. The van der Waals surface area contributed by atoms with E-state index in [9.17, 15) is 4.79 Å². The Morgan fingerprint density at radius 3 is 2.54 bits per heavy atom. The summed E-state index contributed by atoms with van der Waals surface area (Å²) in [4.78, 5) is 12.3. The van der Waals surface area contributed by atoms with E-state index in [1.54, 1.807) is 7.05 Å². The molecule has 0 saturated heterocycles. The molecule has 0 unspecified atom stereocenters. The highest BCUT2D eigenvalue weighted by Crippen LogP contribution is 2.34. The quantitative estimate of drug-likeness (QED) is 0.683. The van der Waals surface area contributed by atoms with Crippen molar-refractivity contribution in [3.8, 4) is 11.5 Å². The molecule has 24 heavy (non-hydrogen) atoms. The van der Waals surface area contributed by atoms with Crippen LogP contribution in [0.25, 0.3) is 0 Å². The lowest BCUT2D eigenvalue weighted by Gasteiger charge is -2.30. The molecule has 1 aliphatic heterocycles. The van der Waals surface area contributed by atoms with Crippen LogP contribution >= 0.6 is 12.2 Å². The lowest BCUT2D eigenvalue weighted by Crippen LogP contribution is -2.46. The number of nitrogens with one attached hydrogen (secondary N) is 3. The van der Waals surface area contributed by atoms with E-state index in [1.807, 2.05) is 39.0 Å². The Hall–Kier alpha value is -2.28. The summed E-state index contributed by atoms with van der Waals surface area (Å²) >= 11 is 5.24. The van der Waals surface area contributed by atoms with Crippen molar-refractivity contribution in [2.24, 2.45) is 0 Å². The monoisotopic (exact) mass is 349 g/mol. The number of likely N-dealkylation sites (N-methyl/N-ethyl adjacent to an activating group) is 1. The van der Waals surface area contributed by atoms with Crippen LogP contribution in [0.5, 0.6) is 11.5 Å². The van der Waals surface area contributed by atoms with Gasteiger partial charge in [0.25, 0.3) is 5.91 Å². The number of amides is 1. The molecular formula is C17H23N3O3S. The maximum atomic E-state index is 12.3. The second-order valence-corrected chi connectivity index (χ2v) is 5.63. The van der Waals surface area contributed by atoms with Crippen molar-refractivity contribution < 1.29 is 14.3 Å². The Morgan fingerprint density at radius 2 is 1.92 bits per heavy atom. The minimum absolute atomic E-state index is 0.160. The Kier molecular flexibility index (Phi) is 6.03. The lowest BCUT2D eigenvalue weighted by atomic mass is 9.94. The largest absolute Gasteiger partial charge is 0.490 e. The summed E-state index contributed by atoms with van der Waals surface area (Å²) in [6, 6.07) is 5.30. The van der Waals surface area contributed by atoms with Gasteiger partial charge in [0.2, 0.25) is 0 Å². The van der Waals surface area contributed by atoms with Crippen molar-refractivity contribution in [3.05, 3.63) is 35.0 Å². The topological polar surface area (TPSA) is 71.6 Å². The molecule has 0 aliphatic carbocycles. The van der Waals surface area contributed by atoms with Gasteiger partial charge in [0.1, 0.15) is 0 Å². The summed E-state index contributed by atoms with van der Waals surface area (Å²) in [5, 5.41) is 9.31. The molecule has 0 bridgehead atoms. The summed E-state index contributed by atoms with van der Waals surface area (Å²) in [7, 11) is 1.61. The molecule has 1 heterocycles. The molecule has 7 heteroatoms. The van der Waals surface area contributed by atoms with Crippen molar-refractivity contribution in [3.63, 3.8) is 0 Å². The molecule has 1 aromatic rings. The zero-order valence-corrected chi connectivity index (χ0v) is 15.2. The highest BCUT2D eigenvalue weighted by Gasteiger charge is 2.29. The molecule has 0 spiro atoms. The van der Waals surface area contributed by atoms with Crippen molar-refractivity contribution >= 4 is 23.2 Å². The molecule has 3 N–H and O–H groups in total. The Labute approximate surface area is 147 Å². The fourth-order valence-electron chi connectivity index (χ4n) is 2.63. The molecule has 1 atom stereocenters. The highest BCUT2D eigenvalue weighted by molar-refractivity contribution is 7.80. The zero-order valence-electron chi connectivity index (χ0n) is 14.4. The maximum Gasteiger partial charge on any atom is 0.251 e. The summed E-state index contributed by atoms with van der Waals surface area (Å²) in [5.74, 6) is 1.17. The van der Waals surface area contributed by atoms with Gasteiger partial charge in [-0.1, -0.05) is 6.07 Å². The lowest BCUT2D eigenvalue weighted by molar-refractivity contribution is -0.117. The van der Waals surface area contributed by atoms with E-state index in [4.69, 9.17) is 21.7 Å². The summed E-state index contributed by atoms with van der Waals surface area (Å²) < 4.78 is 11.3. The van der Waals surface area contributed by atoms with Crippen molar-refractivity contribution in [1.82, 2.24) is 16.0 Å². The number of carbonyl (C=O) groups excluding carboxylic acids is 1. The smallest absolute Gasteiger partial charge is 0.251 e. The number of thiocarbonyl (C=S) groups is 1. The standard InChI is InChI=1S/C17H23N3O3S/c1-5-22-12-8-7-11(9-13(12)23-6-2)15-14(16(21)18-4)10(3)19-17(24)20-15/h7-9,15H,5-6H2,1-4H3,(H,18,21)(H2,19,20,24)/t15-/m1/s1. The number of benzene rings is 1.